The van der Waals surface area contributed by atoms with E-state index in [4.69, 9.17) is 4.74 Å². The summed E-state index contributed by atoms with van der Waals surface area (Å²) in [4.78, 5) is 11.9. The number of piperidine rings is 1. The molecule has 1 aliphatic heterocycles. The second-order valence-electron chi connectivity index (χ2n) is 7.41. The molecule has 1 fully saturated rings. The van der Waals surface area contributed by atoms with Gasteiger partial charge >= 0.3 is 6.09 Å². The summed E-state index contributed by atoms with van der Waals surface area (Å²) in [6.07, 6.45) is 2.39. The summed E-state index contributed by atoms with van der Waals surface area (Å²) in [6.45, 7) is 7.98. The number of ether oxygens (including phenoxy) is 1. The van der Waals surface area contributed by atoms with Crippen LogP contribution in [0.4, 0.5) is 9.18 Å². The third-order valence-corrected chi connectivity index (χ3v) is 4.16. The maximum Gasteiger partial charge on any atom is 0.407 e. The fourth-order valence-electron chi connectivity index (χ4n) is 2.98. The number of hydrogen-bond donors (Lipinski definition) is 2. The molecule has 0 unspecified atom stereocenters. The van der Waals surface area contributed by atoms with E-state index in [0.717, 1.165) is 37.9 Å². The molecule has 5 heteroatoms. The number of alkyl carbamates (subject to hydrolysis) is 1. The number of carbonyl (C=O) groups excluding carboxylic acids is 1. The normalized spacial score (nSPS) is 17.6. The van der Waals surface area contributed by atoms with Crippen molar-refractivity contribution < 1.29 is 13.9 Å². The number of hydrogen-bond acceptors (Lipinski definition) is 3. The number of benzene rings is 1. The van der Waals surface area contributed by atoms with Gasteiger partial charge in [0.25, 0.3) is 0 Å². The second-order valence-corrected chi connectivity index (χ2v) is 7.41. The van der Waals surface area contributed by atoms with Crippen LogP contribution in [-0.2, 0) is 11.2 Å². The Morgan fingerprint density at radius 2 is 1.87 bits per heavy atom. The van der Waals surface area contributed by atoms with Crippen LogP contribution in [0, 0.1) is 11.2 Å². The molecule has 2 N–H and O–H groups in total. The number of amides is 1. The SMILES string of the molecule is CC(C)(C)OC(=O)NCC1(Cc2ccc(F)cc2)CCNCC1. The fraction of sp³-hybridized carbons (Fsp3) is 0.611. The summed E-state index contributed by atoms with van der Waals surface area (Å²) >= 11 is 0. The first-order valence-electron chi connectivity index (χ1n) is 8.20. The highest BCUT2D eigenvalue weighted by atomic mass is 19.1. The van der Waals surface area contributed by atoms with Gasteiger partial charge in [-0.05, 0) is 76.2 Å². The average Bonchev–Trinajstić information content (AvgIpc) is 2.47. The molecule has 23 heavy (non-hydrogen) atoms. The van der Waals surface area contributed by atoms with E-state index >= 15 is 0 Å². The molecule has 0 atom stereocenters. The molecule has 0 bridgehead atoms. The quantitative estimate of drug-likeness (QED) is 0.894. The van der Waals surface area contributed by atoms with Gasteiger partial charge in [-0.3, -0.25) is 0 Å². The highest BCUT2D eigenvalue weighted by Gasteiger charge is 2.33. The van der Waals surface area contributed by atoms with Crippen molar-refractivity contribution in [3.8, 4) is 0 Å². The zero-order valence-electron chi connectivity index (χ0n) is 14.2. The minimum Gasteiger partial charge on any atom is -0.444 e. The van der Waals surface area contributed by atoms with E-state index in [1.165, 1.54) is 12.1 Å². The van der Waals surface area contributed by atoms with Gasteiger partial charge in [-0.1, -0.05) is 12.1 Å². The molecule has 4 nitrogen and oxygen atoms in total. The molecular formula is C18H27FN2O2. The van der Waals surface area contributed by atoms with Crippen molar-refractivity contribution in [1.82, 2.24) is 10.6 Å². The van der Waals surface area contributed by atoms with Gasteiger partial charge in [0.1, 0.15) is 11.4 Å². The van der Waals surface area contributed by atoms with Crippen LogP contribution in [0.5, 0.6) is 0 Å². The van der Waals surface area contributed by atoms with E-state index in [1.54, 1.807) is 0 Å². The lowest BCUT2D eigenvalue weighted by Gasteiger charge is -2.38. The molecule has 0 aromatic heterocycles. The Morgan fingerprint density at radius 3 is 2.43 bits per heavy atom. The van der Waals surface area contributed by atoms with Gasteiger partial charge in [0.2, 0.25) is 0 Å². The largest absolute Gasteiger partial charge is 0.444 e. The predicted octanol–water partition coefficient (Wildman–Crippen LogP) is 3.26. The van der Waals surface area contributed by atoms with Crippen molar-refractivity contribution in [1.29, 1.82) is 0 Å². The van der Waals surface area contributed by atoms with Crippen LogP contribution < -0.4 is 10.6 Å². The summed E-state index contributed by atoms with van der Waals surface area (Å²) in [7, 11) is 0. The highest BCUT2D eigenvalue weighted by Crippen LogP contribution is 2.32. The maximum atomic E-state index is 13.1. The van der Waals surface area contributed by atoms with Crippen molar-refractivity contribution in [3.63, 3.8) is 0 Å². The molecule has 1 aromatic carbocycles. The van der Waals surface area contributed by atoms with E-state index in [-0.39, 0.29) is 17.3 Å². The summed E-state index contributed by atoms with van der Waals surface area (Å²) in [6, 6.07) is 6.63. The number of nitrogens with one attached hydrogen (secondary N) is 2. The Balaban J connectivity index is 2.00. The lowest BCUT2D eigenvalue weighted by molar-refractivity contribution is 0.0485. The first kappa shape index (κ1) is 17.7. The Hall–Kier alpha value is -1.62. The van der Waals surface area contributed by atoms with Gasteiger partial charge in [-0.15, -0.1) is 0 Å². The summed E-state index contributed by atoms with van der Waals surface area (Å²) in [5.74, 6) is -0.222. The smallest absolute Gasteiger partial charge is 0.407 e. The predicted molar refractivity (Wildman–Crippen MR) is 88.9 cm³/mol. The molecule has 2 rings (SSSR count). The van der Waals surface area contributed by atoms with Crippen molar-refractivity contribution in [2.75, 3.05) is 19.6 Å². The van der Waals surface area contributed by atoms with Crippen molar-refractivity contribution in [2.45, 2.75) is 45.6 Å². The van der Waals surface area contributed by atoms with Crippen molar-refractivity contribution in [3.05, 3.63) is 35.6 Å². The van der Waals surface area contributed by atoms with Crippen molar-refractivity contribution in [2.24, 2.45) is 5.41 Å². The lowest BCUT2D eigenvalue weighted by atomic mass is 9.74. The average molecular weight is 322 g/mol. The van der Waals surface area contributed by atoms with Crippen LogP contribution in [-0.4, -0.2) is 31.3 Å². The number of halogens is 1. The molecule has 0 saturated carbocycles. The molecule has 0 radical (unpaired) electrons. The zero-order valence-corrected chi connectivity index (χ0v) is 14.2. The topological polar surface area (TPSA) is 50.4 Å². The van der Waals surface area contributed by atoms with Crippen LogP contribution >= 0.6 is 0 Å². The Kier molecular flexibility index (Phi) is 5.63. The van der Waals surface area contributed by atoms with Crippen LogP contribution in [0.3, 0.4) is 0 Å². The van der Waals surface area contributed by atoms with Crippen LogP contribution in [0.15, 0.2) is 24.3 Å². The first-order valence-corrected chi connectivity index (χ1v) is 8.20. The second kappa shape index (κ2) is 7.30. The van der Waals surface area contributed by atoms with Crippen molar-refractivity contribution >= 4 is 6.09 Å². The Labute approximate surface area is 137 Å². The van der Waals surface area contributed by atoms with E-state index < -0.39 is 5.60 Å². The minimum absolute atomic E-state index is 0.0139. The standard InChI is InChI=1S/C18H27FN2O2/c1-17(2,3)23-16(22)21-13-18(8-10-20-11-9-18)12-14-4-6-15(19)7-5-14/h4-7,20H,8-13H2,1-3H3,(H,21,22). The van der Waals surface area contributed by atoms with Crippen LogP contribution in [0.1, 0.15) is 39.2 Å². The molecule has 0 spiro atoms. The molecule has 1 aliphatic rings. The summed E-state index contributed by atoms with van der Waals surface area (Å²) < 4.78 is 18.4. The zero-order chi connectivity index (χ0) is 16.9. The summed E-state index contributed by atoms with van der Waals surface area (Å²) in [5, 5.41) is 6.27. The van der Waals surface area contributed by atoms with E-state index in [2.05, 4.69) is 10.6 Å². The third kappa shape index (κ3) is 5.82. The van der Waals surface area contributed by atoms with Gasteiger partial charge in [0.05, 0.1) is 0 Å². The number of carbonyl (C=O) groups is 1. The Morgan fingerprint density at radius 1 is 1.26 bits per heavy atom. The molecule has 1 aromatic rings. The van der Waals surface area contributed by atoms with Gasteiger partial charge in [-0.25, -0.2) is 9.18 Å². The molecule has 0 aliphatic carbocycles. The Bertz CT molecular complexity index is 517. The maximum absolute atomic E-state index is 13.1. The molecule has 128 valence electrons. The van der Waals surface area contributed by atoms with Gasteiger partial charge in [0, 0.05) is 6.54 Å². The van der Waals surface area contributed by atoms with Gasteiger partial charge < -0.3 is 15.4 Å². The molecule has 1 amide bonds. The lowest BCUT2D eigenvalue weighted by Crippen LogP contribution is -2.46. The van der Waals surface area contributed by atoms with E-state index in [0.29, 0.717) is 6.54 Å². The van der Waals surface area contributed by atoms with Gasteiger partial charge in [-0.2, -0.15) is 0 Å². The van der Waals surface area contributed by atoms with Gasteiger partial charge in [0.15, 0.2) is 0 Å². The first-order chi connectivity index (χ1) is 10.8. The van der Waals surface area contributed by atoms with E-state index in [1.807, 2.05) is 32.9 Å². The van der Waals surface area contributed by atoms with Crippen LogP contribution in [0.25, 0.3) is 0 Å². The molecule has 1 saturated heterocycles. The summed E-state index contributed by atoms with van der Waals surface area (Å²) in [5.41, 5.74) is 0.585. The minimum atomic E-state index is -0.498. The fourth-order valence-corrected chi connectivity index (χ4v) is 2.98. The van der Waals surface area contributed by atoms with Crippen LogP contribution in [0.2, 0.25) is 0 Å². The molecular weight excluding hydrogens is 295 g/mol. The monoisotopic (exact) mass is 322 g/mol. The number of rotatable bonds is 4. The molecule has 1 heterocycles. The third-order valence-electron chi connectivity index (χ3n) is 4.16. The highest BCUT2D eigenvalue weighted by molar-refractivity contribution is 5.67. The van der Waals surface area contributed by atoms with E-state index in [9.17, 15) is 9.18 Å².